The molecule has 19 heavy (non-hydrogen) atoms. The molecule has 1 amide bonds. The average molecular weight is 280 g/mol. The molecule has 0 aliphatic heterocycles. The second-order valence-electron chi connectivity index (χ2n) is 5.42. The van der Waals surface area contributed by atoms with Crippen LogP contribution in [0.25, 0.3) is 0 Å². The molecule has 0 bridgehead atoms. The van der Waals surface area contributed by atoms with Crippen LogP contribution >= 0.6 is 11.6 Å². The van der Waals surface area contributed by atoms with E-state index in [0.717, 1.165) is 38.6 Å². The number of carbonyl (C=O) groups excluding carboxylic acids is 1. The lowest BCUT2D eigenvalue weighted by Crippen LogP contribution is -2.34. The van der Waals surface area contributed by atoms with Crippen LogP contribution in [0.15, 0.2) is 24.3 Å². The second-order valence-corrected chi connectivity index (χ2v) is 6.17. The lowest BCUT2D eigenvalue weighted by molar-refractivity contribution is -0.125. The molecule has 2 nitrogen and oxygen atoms in total. The molecule has 104 valence electrons. The van der Waals surface area contributed by atoms with Gasteiger partial charge >= 0.3 is 0 Å². The highest BCUT2D eigenvalue weighted by Gasteiger charge is 2.23. The van der Waals surface area contributed by atoms with Crippen molar-refractivity contribution in [1.82, 2.24) is 5.32 Å². The average Bonchev–Trinajstić information content (AvgIpc) is 2.42. The number of alkyl halides is 1. The number of rotatable bonds is 5. The Morgan fingerprint density at radius 3 is 2.89 bits per heavy atom. The van der Waals surface area contributed by atoms with Gasteiger partial charge in [-0.1, -0.05) is 24.3 Å². The van der Waals surface area contributed by atoms with E-state index in [0.29, 0.717) is 0 Å². The van der Waals surface area contributed by atoms with Gasteiger partial charge in [0.1, 0.15) is 0 Å². The summed E-state index contributed by atoms with van der Waals surface area (Å²) in [5, 5.41) is 3.23. The zero-order valence-corrected chi connectivity index (χ0v) is 12.2. The van der Waals surface area contributed by atoms with Crippen LogP contribution in [-0.4, -0.2) is 17.8 Å². The van der Waals surface area contributed by atoms with E-state index >= 15 is 0 Å². The third-order valence-corrected chi connectivity index (χ3v) is 4.01. The molecule has 0 spiro atoms. The molecule has 0 saturated heterocycles. The summed E-state index contributed by atoms with van der Waals surface area (Å²) >= 11 is 5.89. The van der Waals surface area contributed by atoms with Crippen molar-refractivity contribution in [3.05, 3.63) is 35.4 Å². The van der Waals surface area contributed by atoms with E-state index in [1.165, 1.54) is 11.1 Å². The SMILES string of the molecule is CC(Cl)CCCNC(=O)C1CCc2ccccc2C1. The van der Waals surface area contributed by atoms with E-state index in [2.05, 4.69) is 29.6 Å². The summed E-state index contributed by atoms with van der Waals surface area (Å²) in [7, 11) is 0. The second kappa shape index (κ2) is 6.95. The molecule has 0 fully saturated rings. The van der Waals surface area contributed by atoms with Gasteiger partial charge in [0, 0.05) is 17.8 Å². The number of hydrogen-bond donors (Lipinski definition) is 1. The topological polar surface area (TPSA) is 29.1 Å². The van der Waals surface area contributed by atoms with Gasteiger partial charge in [-0.2, -0.15) is 0 Å². The molecule has 1 aromatic rings. The fraction of sp³-hybridized carbons (Fsp3) is 0.562. The van der Waals surface area contributed by atoms with Gasteiger partial charge in [-0.3, -0.25) is 4.79 Å². The predicted molar refractivity (Wildman–Crippen MR) is 79.5 cm³/mol. The van der Waals surface area contributed by atoms with E-state index in [1.54, 1.807) is 0 Å². The number of amides is 1. The van der Waals surface area contributed by atoms with Gasteiger partial charge in [0.2, 0.25) is 5.91 Å². The van der Waals surface area contributed by atoms with E-state index in [4.69, 9.17) is 11.6 Å². The first-order valence-electron chi connectivity index (χ1n) is 7.15. The first-order valence-corrected chi connectivity index (χ1v) is 7.59. The van der Waals surface area contributed by atoms with Crippen molar-refractivity contribution in [1.29, 1.82) is 0 Å². The maximum atomic E-state index is 12.1. The minimum atomic E-state index is 0.142. The largest absolute Gasteiger partial charge is 0.356 e. The molecule has 0 radical (unpaired) electrons. The standard InChI is InChI=1S/C16H22ClNO/c1-12(17)5-4-10-18-16(19)15-9-8-13-6-2-3-7-14(13)11-15/h2-3,6-7,12,15H,4-5,8-11H2,1H3,(H,18,19). The summed E-state index contributed by atoms with van der Waals surface area (Å²) in [4.78, 5) is 12.1. The monoisotopic (exact) mass is 279 g/mol. The van der Waals surface area contributed by atoms with E-state index in [1.807, 2.05) is 6.92 Å². The highest BCUT2D eigenvalue weighted by atomic mass is 35.5. The summed E-state index contributed by atoms with van der Waals surface area (Å²) in [6, 6.07) is 8.45. The molecule has 2 unspecified atom stereocenters. The number of halogens is 1. The van der Waals surface area contributed by atoms with Crippen molar-refractivity contribution in [2.45, 2.75) is 44.4 Å². The van der Waals surface area contributed by atoms with Crippen LogP contribution in [0.5, 0.6) is 0 Å². The van der Waals surface area contributed by atoms with Crippen LogP contribution in [0.3, 0.4) is 0 Å². The summed E-state index contributed by atoms with van der Waals surface area (Å²) in [5.41, 5.74) is 2.74. The van der Waals surface area contributed by atoms with Crippen LogP contribution in [0, 0.1) is 5.92 Å². The zero-order valence-electron chi connectivity index (χ0n) is 11.5. The Balaban J connectivity index is 1.79. The van der Waals surface area contributed by atoms with Crippen molar-refractivity contribution in [3.63, 3.8) is 0 Å². The van der Waals surface area contributed by atoms with Crippen molar-refractivity contribution >= 4 is 17.5 Å². The van der Waals surface area contributed by atoms with Gasteiger partial charge in [0.25, 0.3) is 0 Å². The first kappa shape index (κ1) is 14.4. The van der Waals surface area contributed by atoms with E-state index in [9.17, 15) is 4.79 Å². The molecule has 1 aromatic carbocycles. The maximum Gasteiger partial charge on any atom is 0.223 e. The van der Waals surface area contributed by atoms with E-state index < -0.39 is 0 Å². The molecule has 1 aliphatic rings. The van der Waals surface area contributed by atoms with Gasteiger partial charge < -0.3 is 5.32 Å². The highest BCUT2D eigenvalue weighted by Crippen LogP contribution is 2.25. The molecule has 2 rings (SSSR count). The summed E-state index contributed by atoms with van der Waals surface area (Å²) in [5.74, 6) is 0.347. The fourth-order valence-corrected chi connectivity index (χ4v) is 2.82. The number of fused-ring (bicyclic) bond motifs is 1. The van der Waals surface area contributed by atoms with Crippen LogP contribution in [0.2, 0.25) is 0 Å². The Hall–Kier alpha value is -1.02. The summed E-state index contributed by atoms with van der Waals surface area (Å²) in [6.07, 6.45) is 4.78. The molecule has 1 N–H and O–H groups in total. The zero-order chi connectivity index (χ0) is 13.7. The summed E-state index contributed by atoms with van der Waals surface area (Å²) in [6.45, 7) is 2.73. The quantitative estimate of drug-likeness (QED) is 0.650. The maximum absolute atomic E-state index is 12.1. The van der Waals surface area contributed by atoms with Gasteiger partial charge in [0.15, 0.2) is 0 Å². The predicted octanol–water partition coefficient (Wildman–Crippen LogP) is 3.32. The number of carbonyl (C=O) groups is 1. The molecule has 0 heterocycles. The molecular formula is C16H22ClNO. The van der Waals surface area contributed by atoms with Crippen LogP contribution < -0.4 is 5.32 Å². The minimum Gasteiger partial charge on any atom is -0.356 e. The molecule has 3 heteroatoms. The lowest BCUT2D eigenvalue weighted by atomic mass is 9.83. The fourth-order valence-electron chi connectivity index (χ4n) is 2.66. The van der Waals surface area contributed by atoms with Crippen LogP contribution in [-0.2, 0) is 17.6 Å². The lowest BCUT2D eigenvalue weighted by Gasteiger charge is -2.23. The van der Waals surface area contributed by atoms with Gasteiger partial charge in [-0.15, -0.1) is 11.6 Å². The number of benzene rings is 1. The number of hydrogen-bond acceptors (Lipinski definition) is 1. The Bertz CT molecular complexity index is 431. The first-order chi connectivity index (χ1) is 9.16. The number of nitrogens with one attached hydrogen (secondary N) is 1. The molecule has 2 atom stereocenters. The van der Waals surface area contributed by atoms with Gasteiger partial charge in [-0.25, -0.2) is 0 Å². The molecule has 0 aromatic heterocycles. The minimum absolute atomic E-state index is 0.142. The van der Waals surface area contributed by atoms with Crippen LogP contribution in [0.1, 0.15) is 37.3 Å². The van der Waals surface area contributed by atoms with Gasteiger partial charge in [0.05, 0.1) is 0 Å². The Morgan fingerprint density at radius 2 is 2.16 bits per heavy atom. The Kier molecular flexibility index (Phi) is 5.26. The van der Waals surface area contributed by atoms with Crippen molar-refractivity contribution in [3.8, 4) is 0 Å². The third kappa shape index (κ3) is 4.24. The normalized spacial score (nSPS) is 19.6. The smallest absolute Gasteiger partial charge is 0.223 e. The number of aryl methyl sites for hydroxylation is 1. The Labute approximate surface area is 120 Å². The van der Waals surface area contributed by atoms with Gasteiger partial charge in [-0.05, 0) is 50.2 Å². The molecular weight excluding hydrogens is 258 g/mol. The Morgan fingerprint density at radius 1 is 1.42 bits per heavy atom. The molecule has 0 saturated carbocycles. The molecule has 1 aliphatic carbocycles. The highest BCUT2D eigenvalue weighted by molar-refractivity contribution is 6.20. The third-order valence-electron chi connectivity index (χ3n) is 3.80. The van der Waals surface area contributed by atoms with Crippen LogP contribution in [0.4, 0.5) is 0 Å². The summed E-state index contributed by atoms with van der Waals surface area (Å²) < 4.78 is 0. The van der Waals surface area contributed by atoms with E-state index in [-0.39, 0.29) is 17.2 Å². The van der Waals surface area contributed by atoms with Crippen molar-refractivity contribution < 1.29 is 4.79 Å². The van der Waals surface area contributed by atoms with Crippen molar-refractivity contribution in [2.75, 3.05) is 6.54 Å². The van der Waals surface area contributed by atoms with Crippen molar-refractivity contribution in [2.24, 2.45) is 5.92 Å².